The van der Waals surface area contributed by atoms with E-state index in [1.54, 1.807) is 36.7 Å². The molecule has 1 fully saturated rings. The molecule has 2 aromatic carbocycles. The van der Waals surface area contributed by atoms with Gasteiger partial charge < -0.3 is 19.5 Å². The van der Waals surface area contributed by atoms with E-state index in [9.17, 15) is 14.7 Å². The molecule has 1 atom stereocenters. The van der Waals surface area contributed by atoms with Crippen LogP contribution in [0.2, 0.25) is 0 Å². The van der Waals surface area contributed by atoms with Crippen LogP contribution in [0.1, 0.15) is 48.1 Å². The average Bonchev–Trinajstić information content (AvgIpc) is 3.13. The van der Waals surface area contributed by atoms with Gasteiger partial charge in [0, 0.05) is 25.0 Å². The van der Waals surface area contributed by atoms with E-state index < -0.39 is 17.7 Å². The molecule has 1 aliphatic rings. The Morgan fingerprint density at radius 3 is 2.40 bits per heavy atom. The second-order valence-electron chi connectivity index (χ2n) is 8.68. The fourth-order valence-corrected chi connectivity index (χ4v) is 4.28. The molecule has 1 amide bonds. The largest absolute Gasteiger partial charge is 0.507 e. The van der Waals surface area contributed by atoms with Crippen LogP contribution in [-0.2, 0) is 16.1 Å². The summed E-state index contributed by atoms with van der Waals surface area (Å²) in [7, 11) is 2.99. The quantitative estimate of drug-likeness (QED) is 0.301. The van der Waals surface area contributed by atoms with Gasteiger partial charge in [0.05, 0.1) is 31.4 Å². The molecule has 180 valence electrons. The maximum atomic E-state index is 13.3. The highest BCUT2D eigenvalue weighted by atomic mass is 16.5. The molecule has 3 aromatic rings. The number of pyridine rings is 1. The molecular formula is C28H28N2O5. The van der Waals surface area contributed by atoms with Crippen molar-refractivity contribution >= 4 is 17.4 Å². The second-order valence-corrected chi connectivity index (χ2v) is 8.68. The van der Waals surface area contributed by atoms with E-state index in [0.717, 1.165) is 16.7 Å². The molecule has 1 unspecified atom stereocenters. The molecule has 35 heavy (non-hydrogen) atoms. The Morgan fingerprint density at radius 2 is 1.80 bits per heavy atom. The number of hydrogen-bond donors (Lipinski definition) is 1. The number of nitrogens with zero attached hydrogens (tertiary/aromatic N) is 2. The molecule has 4 rings (SSSR count). The van der Waals surface area contributed by atoms with Crippen LogP contribution in [0.3, 0.4) is 0 Å². The van der Waals surface area contributed by atoms with Gasteiger partial charge in [0.25, 0.3) is 11.7 Å². The third-order valence-corrected chi connectivity index (χ3v) is 6.20. The first kappa shape index (κ1) is 24.0. The Morgan fingerprint density at radius 1 is 1.06 bits per heavy atom. The van der Waals surface area contributed by atoms with Crippen LogP contribution in [0.5, 0.6) is 11.5 Å². The summed E-state index contributed by atoms with van der Waals surface area (Å²) in [6, 6.07) is 15.5. The van der Waals surface area contributed by atoms with E-state index in [1.807, 2.05) is 30.3 Å². The molecule has 1 aliphatic heterocycles. The number of amides is 1. The Balaban J connectivity index is 1.88. The molecule has 0 radical (unpaired) electrons. The lowest BCUT2D eigenvalue weighted by Crippen LogP contribution is -2.29. The zero-order valence-corrected chi connectivity index (χ0v) is 20.2. The van der Waals surface area contributed by atoms with E-state index in [4.69, 9.17) is 9.47 Å². The minimum Gasteiger partial charge on any atom is -0.507 e. The second kappa shape index (κ2) is 10.0. The first-order chi connectivity index (χ1) is 16.8. The lowest BCUT2D eigenvalue weighted by Gasteiger charge is -2.26. The zero-order chi connectivity index (χ0) is 25.1. The van der Waals surface area contributed by atoms with E-state index in [1.165, 1.54) is 19.1 Å². The number of carbonyl (C=O) groups excluding carboxylic acids is 2. The normalized spacial score (nSPS) is 17.2. The smallest absolute Gasteiger partial charge is 0.295 e. The summed E-state index contributed by atoms with van der Waals surface area (Å²) in [4.78, 5) is 32.1. The summed E-state index contributed by atoms with van der Waals surface area (Å²) >= 11 is 0. The van der Waals surface area contributed by atoms with Crippen molar-refractivity contribution in [2.45, 2.75) is 32.4 Å². The number of ketones is 1. The third kappa shape index (κ3) is 4.62. The lowest BCUT2D eigenvalue weighted by atomic mass is 9.93. The maximum absolute atomic E-state index is 13.3. The van der Waals surface area contributed by atoms with Gasteiger partial charge in [-0.2, -0.15) is 0 Å². The van der Waals surface area contributed by atoms with Crippen molar-refractivity contribution in [2.24, 2.45) is 0 Å². The number of likely N-dealkylation sites (tertiary alicyclic amines) is 1. The van der Waals surface area contributed by atoms with Crippen molar-refractivity contribution in [2.75, 3.05) is 14.2 Å². The first-order valence-corrected chi connectivity index (χ1v) is 11.3. The van der Waals surface area contributed by atoms with Crippen molar-refractivity contribution in [3.63, 3.8) is 0 Å². The third-order valence-electron chi connectivity index (χ3n) is 6.20. The monoisotopic (exact) mass is 472 g/mol. The Kier molecular flexibility index (Phi) is 6.87. The van der Waals surface area contributed by atoms with E-state index in [0.29, 0.717) is 23.0 Å². The molecule has 7 nitrogen and oxygen atoms in total. The Bertz CT molecular complexity index is 1270. The predicted octanol–water partition coefficient (Wildman–Crippen LogP) is 4.84. The number of methoxy groups -OCH3 is 2. The molecule has 1 N–H and O–H groups in total. The molecule has 2 heterocycles. The van der Waals surface area contributed by atoms with Crippen molar-refractivity contribution in [1.82, 2.24) is 9.88 Å². The fourth-order valence-electron chi connectivity index (χ4n) is 4.28. The van der Waals surface area contributed by atoms with Crippen molar-refractivity contribution in [3.8, 4) is 11.5 Å². The molecule has 0 saturated carbocycles. The molecule has 1 saturated heterocycles. The number of carbonyl (C=O) groups is 2. The van der Waals surface area contributed by atoms with Crippen LogP contribution in [0.25, 0.3) is 5.76 Å². The predicted molar refractivity (Wildman–Crippen MR) is 132 cm³/mol. The molecule has 0 aliphatic carbocycles. The van der Waals surface area contributed by atoms with Crippen LogP contribution in [0.4, 0.5) is 0 Å². The maximum Gasteiger partial charge on any atom is 0.295 e. The zero-order valence-electron chi connectivity index (χ0n) is 20.2. The minimum atomic E-state index is -0.775. The van der Waals surface area contributed by atoms with Gasteiger partial charge in [0.2, 0.25) is 0 Å². The first-order valence-electron chi connectivity index (χ1n) is 11.3. The van der Waals surface area contributed by atoms with Gasteiger partial charge in [-0.25, -0.2) is 0 Å². The fraction of sp³-hybridized carbons (Fsp3) is 0.250. The number of hydrogen-bond acceptors (Lipinski definition) is 6. The number of aliphatic hydroxyl groups excluding tert-OH is 1. The van der Waals surface area contributed by atoms with E-state index in [2.05, 4.69) is 18.8 Å². The molecule has 7 heteroatoms. The van der Waals surface area contributed by atoms with Gasteiger partial charge in [0.15, 0.2) is 0 Å². The number of ether oxygens (including phenoxy) is 2. The van der Waals surface area contributed by atoms with Crippen LogP contribution in [0, 0.1) is 0 Å². The number of Topliss-reactive ketones (excluding diaryl/α,β-unsaturated/α-hetero) is 1. The van der Waals surface area contributed by atoms with Gasteiger partial charge in [-0.15, -0.1) is 0 Å². The standard InChI is InChI=1S/C28H28N2O5/c1-17(2)19-7-9-20(10-8-19)25-24(26(31)22-12-11-21(34-3)14-23(22)35-4)27(32)28(33)30(25)16-18-6-5-13-29-15-18/h5-15,17,25,31H,16H2,1-4H3/b26-24-. The highest BCUT2D eigenvalue weighted by molar-refractivity contribution is 6.46. The Hall–Kier alpha value is -4.13. The summed E-state index contributed by atoms with van der Waals surface area (Å²) < 4.78 is 10.7. The molecule has 1 aromatic heterocycles. The molecular weight excluding hydrogens is 444 g/mol. The summed E-state index contributed by atoms with van der Waals surface area (Å²) in [6.45, 7) is 4.37. The van der Waals surface area contributed by atoms with Crippen LogP contribution in [-0.4, -0.2) is 40.9 Å². The van der Waals surface area contributed by atoms with Crippen LogP contribution < -0.4 is 9.47 Å². The average molecular weight is 473 g/mol. The van der Waals surface area contributed by atoms with Crippen LogP contribution >= 0.6 is 0 Å². The number of aromatic nitrogens is 1. The van der Waals surface area contributed by atoms with Gasteiger partial charge in [-0.3, -0.25) is 14.6 Å². The summed E-state index contributed by atoms with van der Waals surface area (Å²) in [5, 5.41) is 11.4. The minimum absolute atomic E-state index is 0.0136. The summed E-state index contributed by atoms with van der Waals surface area (Å²) in [5.41, 5.74) is 2.96. The van der Waals surface area contributed by atoms with Gasteiger partial charge >= 0.3 is 0 Å². The van der Waals surface area contributed by atoms with Gasteiger partial charge in [-0.1, -0.05) is 44.2 Å². The highest BCUT2D eigenvalue weighted by Crippen LogP contribution is 2.42. The van der Waals surface area contributed by atoms with Gasteiger partial charge in [0.1, 0.15) is 17.3 Å². The van der Waals surface area contributed by atoms with E-state index in [-0.39, 0.29) is 17.9 Å². The lowest BCUT2D eigenvalue weighted by molar-refractivity contribution is -0.140. The van der Waals surface area contributed by atoms with Crippen molar-refractivity contribution in [1.29, 1.82) is 0 Å². The van der Waals surface area contributed by atoms with Gasteiger partial charge in [-0.05, 0) is 40.8 Å². The van der Waals surface area contributed by atoms with Crippen LogP contribution in [0.15, 0.2) is 72.6 Å². The summed E-state index contributed by atoms with van der Waals surface area (Å²) in [5.74, 6) is -0.530. The van der Waals surface area contributed by atoms with Crippen molar-refractivity contribution < 1.29 is 24.2 Å². The summed E-state index contributed by atoms with van der Waals surface area (Å²) in [6.07, 6.45) is 3.31. The SMILES string of the molecule is COc1ccc(/C(O)=C2/C(=O)C(=O)N(Cc3cccnc3)C2c2ccc(C(C)C)cc2)c(OC)c1. The number of aliphatic hydroxyl groups is 1. The number of benzene rings is 2. The highest BCUT2D eigenvalue weighted by Gasteiger charge is 2.46. The van der Waals surface area contributed by atoms with E-state index >= 15 is 0 Å². The van der Waals surface area contributed by atoms with Crippen molar-refractivity contribution in [3.05, 3.63) is 94.8 Å². The molecule has 0 bridgehead atoms. The topological polar surface area (TPSA) is 89.0 Å². The molecule has 0 spiro atoms. The number of rotatable bonds is 7. The Labute approximate surface area is 204 Å².